The minimum Gasteiger partial charge on any atom is -0.489 e. The van der Waals surface area contributed by atoms with Gasteiger partial charge in [0, 0.05) is 6.04 Å². The first kappa shape index (κ1) is 13.3. The Morgan fingerprint density at radius 3 is 2.62 bits per heavy atom. The van der Waals surface area contributed by atoms with E-state index in [1.54, 1.807) is 0 Å². The van der Waals surface area contributed by atoms with Crippen molar-refractivity contribution < 1.29 is 4.74 Å². The Bertz CT molecular complexity index is 341. The molecule has 0 saturated heterocycles. The molecule has 1 N–H and O–H groups in total. The summed E-state index contributed by atoms with van der Waals surface area (Å²) in [7, 11) is 1.95. The number of nitrogens with one attached hydrogen (secondary N) is 1. The molecule has 0 saturated carbocycles. The van der Waals surface area contributed by atoms with Gasteiger partial charge in [-0.2, -0.15) is 0 Å². The van der Waals surface area contributed by atoms with Crippen LogP contribution in [0.3, 0.4) is 0 Å². The van der Waals surface area contributed by atoms with Crippen molar-refractivity contribution in [2.75, 3.05) is 7.05 Å². The Morgan fingerprint density at radius 1 is 1.38 bits per heavy atom. The normalized spacial score (nSPS) is 14.6. The Morgan fingerprint density at radius 2 is 2.06 bits per heavy atom. The summed E-state index contributed by atoms with van der Waals surface area (Å²) in [6.07, 6.45) is 1.11. The van der Waals surface area contributed by atoms with E-state index in [2.05, 4.69) is 19.2 Å². The monoisotopic (exact) mass is 241 g/mol. The zero-order valence-corrected chi connectivity index (χ0v) is 11.1. The number of hydrogen-bond donors (Lipinski definition) is 1. The van der Waals surface area contributed by atoms with Crippen molar-refractivity contribution in [2.45, 2.75) is 39.3 Å². The Balaban J connectivity index is 2.59. The molecule has 1 aromatic rings. The van der Waals surface area contributed by atoms with Crippen LogP contribution in [-0.2, 0) is 0 Å². The molecule has 0 aliphatic rings. The second-order valence-electron chi connectivity index (χ2n) is 4.29. The molecule has 0 amide bonds. The highest BCUT2D eigenvalue weighted by Crippen LogP contribution is 2.26. The fourth-order valence-corrected chi connectivity index (χ4v) is 1.86. The molecule has 0 bridgehead atoms. The van der Waals surface area contributed by atoms with Crippen molar-refractivity contribution >= 4 is 11.6 Å². The summed E-state index contributed by atoms with van der Waals surface area (Å²) in [5.74, 6) is 0.767. The van der Waals surface area contributed by atoms with Crippen molar-refractivity contribution in [3.63, 3.8) is 0 Å². The van der Waals surface area contributed by atoms with Gasteiger partial charge in [0.15, 0.2) is 0 Å². The van der Waals surface area contributed by atoms with Gasteiger partial charge in [0.1, 0.15) is 5.75 Å². The van der Waals surface area contributed by atoms with E-state index in [-0.39, 0.29) is 6.10 Å². The second kappa shape index (κ2) is 6.12. The van der Waals surface area contributed by atoms with Crippen molar-refractivity contribution in [3.05, 3.63) is 28.8 Å². The van der Waals surface area contributed by atoms with E-state index in [0.29, 0.717) is 11.1 Å². The van der Waals surface area contributed by atoms with Gasteiger partial charge in [-0.05, 0) is 51.9 Å². The first-order valence-corrected chi connectivity index (χ1v) is 6.00. The Kier molecular flexibility index (Phi) is 5.10. The van der Waals surface area contributed by atoms with Crippen molar-refractivity contribution in [3.8, 4) is 5.75 Å². The fraction of sp³-hybridized carbons (Fsp3) is 0.538. The molecular formula is C13H20ClNO. The molecule has 0 aliphatic heterocycles. The van der Waals surface area contributed by atoms with E-state index in [0.717, 1.165) is 17.7 Å². The lowest BCUT2D eigenvalue weighted by atomic mass is 10.1. The molecule has 0 heterocycles. The lowest BCUT2D eigenvalue weighted by Gasteiger charge is -2.19. The number of ether oxygens (including phenoxy) is 1. The zero-order chi connectivity index (χ0) is 12.1. The first-order valence-electron chi connectivity index (χ1n) is 5.63. The minimum atomic E-state index is 0.155. The van der Waals surface area contributed by atoms with Gasteiger partial charge in [0.05, 0.1) is 11.1 Å². The highest BCUT2D eigenvalue weighted by atomic mass is 35.5. The maximum Gasteiger partial charge on any atom is 0.138 e. The Hall–Kier alpha value is -0.730. The summed E-state index contributed by atoms with van der Waals surface area (Å²) in [4.78, 5) is 0. The van der Waals surface area contributed by atoms with Crippen LogP contribution in [0, 0.1) is 6.92 Å². The number of aryl methyl sites for hydroxylation is 1. The quantitative estimate of drug-likeness (QED) is 0.853. The van der Waals surface area contributed by atoms with E-state index < -0.39 is 0 Å². The number of rotatable bonds is 5. The number of benzene rings is 1. The first-order chi connectivity index (χ1) is 7.52. The SMILES string of the molecule is CNC(C)CC(C)Oc1ccc(C)cc1Cl. The molecule has 2 nitrogen and oxygen atoms in total. The third-order valence-corrected chi connectivity index (χ3v) is 2.89. The highest BCUT2D eigenvalue weighted by Gasteiger charge is 2.10. The van der Waals surface area contributed by atoms with E-state index in [1.165, 1.54) is 0 Å². The summed E-state index contributed by atoms with van der Waals surface area (Å²) in [6, 6.07) is 6.30. The highest BCUT2D eigenvalue weighted by molar-refractivity contribution is 6.32. The van der Waals surface area contributed by atoms with Gasteiger partial charge in [-0.1, -0.05) is 17.7 Å². The van der Waals surface area contributed by atoms with Gasteiger partial charge >= 0.3 is 0 Å². The van der Waals surface area contributed by atoms with Crippen molar-refractivity contribution in [2.24, 2.45) is 0 Å². The average molecular weight is 242 g/mol. The maximum atomic E-state index is 6.10. The summed E-state index contributed by atoms with van der Waals surface area (Å²) >= 11 is 6.10. The molecule has 1 aromatic carbocycles. The standard InChI is InChI=1S/C13H20ClNO/c1-9-5-6-13(12(14)7-9)16-11(3)8-10(2)15-4/h5-7,10-11,15H,8H2,1-4H3. The van der Waals surface area contributed by atoms with Crippen LogP contribution in [0.25, 0.3) is 0 Å². The van der Waals surface area contributed by atoms with Gasteiger partial charge < -0.3 is 10.1 Å². The number of halogens is 1. The van der Waals surface area contributed by atoms with E-state index >= 15 is 0 Å². The van der Waals surface area contributed by atoms with Gasteiger partial charge in [-0.25, -0.2) is 0 Å². The smallest absolute Gasteiger partial charge is 0.138 e. The summed E-state index contributed by atoms with van der Waals surface area (Å²) in [5.41, 5.74) is 1.15. The molecule has 3 heteroatoms. The maximum absolute atomic E-state index is 6.10. The second-order valence-corrected chi connectivity index (χ2v) is 4.69. The van der Waals surface area contributed by atoms with Crippen LogP contribution in [0.1, 0.15) is 25.8 Å². The Labute approximate surface area is 103 Å². The average Bonchev–Trinajstić information content (AvgIpc) is 2.22. The largest absolute Gasteiger partial charge is 0.489 e. The molecule has 1 rings (SSSR count). The van der Waals surface area contributed by atoms with Crippen LogP contribution < -0.4 is 10.1 Å². The molecule has 0 spiro atoms. The topological polar surface area (TPSA) is 21.3 Å². The van der Waals surface area contributed by atoms with Crippen molar-refractivity contribution in [1.82, 2.24) is 5.32 Å². The van der Waals surface area contributed by atoms with Crippen LogP contribution in [-0.4, -0.2) is 19.2 Å². The summed E-state index contributed by atoms with van der Waals surface area (Å²) in [6.45, 7) is 6.21. The summed E-state index contributed by atoms with van der Waals surface area (Å²) < 4.78 is 5.80. The van der Waals surface area contributed by atoms with Crippen LogP contribution in [0.5, 0.6) is 5.75 Å². The predicted molar refractivity (Wildman–Crippen MR) is 69.4 cm³/mol. The minimum absolute atomic E-state index is 0.155. The van der Waals surface area contributed by atoms with E-state index in [4.69, 9.17) is 16.3 Å². The summed E-state index contributed by atoms with van der Waals surface area (Å²) in [5, 5.41) is 3.88. The van der Waals surface area contributed by atoms with Crippen LogP contribution in [0.4, 0.5) is 0 Å². The molecule has 0 radical (unpaired) electrons. The van der Waals surface area contributed by atoms with Gasteiger partial charge in [-0.15, -0.1) is 0 Å². The molecule has 2 unspecified atom stereocenters. The molecule has 0 fully saturated rings. The molecule has 16 heavy (non-hydrogen) atoms. The number of hydrogen-bond acceptors (Lipinski definition) is 2. The third kappa shape index (κ3) is 4.03. The predicted octanol–water partition coefficient (Wildman–Crippen LogP) is 3.41. The van der Waals surface area contributed by atoms with Crippen LogP contribution in [0.2, 0.25) is 5.02 Å². The lowest BCUT2D eigenvalue weighted by Crippen LogP contribution is -2.28. The lowest BCUT2D eigenvalue weighted by molar-refractivity contribution is 0.198. The molecule has 90 valence electrons. The zero-order valence-electron chi connectivity index (χ0n) is 10.4. The third-order valence-electron chi connectivity index (χ3n) is 2.59. The molecule has 2 atom stereocenters. The van der Waals surface area contributed by atoms with Crippen LogP contribution >= 0.6 is 11.6 Å². The van der Waals surface area contributed by atoms with Gasteiger partial charge in [0.25, 0.3) is 0 Å². The van der Waals surface area contributed by atoms with Crippen LogP contribution in [0.15, 0.2) is 18.2 Å². The molecule has 0 aliphatic carbocycles. The fourth-order valence-electron chi connectivity index (χ4n) is 1.58. The molecule has 0 aromatic heterocycles. The van der Waals surface area contributed by atoms with Gasteiger partial charge in [0.2, 0.25) is 0 Å². The van der Waals surface area contributed by atoms with Gasteiger partial charge in [-0.3, -0.25) is 0 Å². The molecular weight excluding hydrogens is 222 g/mol. The van der Waals surface area contributed by atoms with E-state index in [9.17, 15) is 0 Å². The van der Waals surface area contributed by atoms with E-state index in [1.807, 2.05) is 32.2 Å². The van der Waals surface area contributed by atoms with Crippen molar-refractivity contribution in [1.29, 1.82) is 0 Å².